The van der Waals surface area contributed by atoms with Crippen LogP contribution in [0.5, 0.6) is 0 Å². The normalized spacial score (nSPS) is 30.7. The van der Waals surface area contributed by atoms with E-state index in [0.29, 0.717) is 5.02 Å². The van der Waals surface area contributed by atoms with Gasteiger partial charge in [0.25, 0.3) is 0 Å². The lowest BCUT2D eigenvalue weighted by atomic mass is 10.2. The van der Waals surface area contributed by atoms with Crippen LogP contribution in [0.2, 0.25) is 5.02 Å². The fourth-order valence-electron chi connectivity index (χ4n) is 1.56. The number of nitrogens with zero attached hydrogens (tertiary/aromatic N) is 2. The topological polar surface area (TPSA) is 72.2 Å². The van der Waals surface area contributed by atoms with Crippen LogP contribution in [0.25, 0.3) is 0 Å². The van der Waals surface area contributed by atoms with Crippen molar-refractivity contribution in [1.29, 1.82) is 0 Å². The molecule has 0 amide bonds. The smallest absolute Gasteiger partial charge is 0.155 e. The van der Waals surface area contributed by atoms with Crippen molar-refractivity contribution in [3.63, 3.8) is 0 Å². The Labute approximate surface area is 86.2 Å². The summed E-state index contributed by atoms with van der Waals surface area (Å²) in [5, 5.41) is 13.8. The average molecular weight is 237 g/mol. The van der Waals surface area contributed by atoms with E-state index in [-0.39, 0.29) is 11.5 Å². The van der Waals surface area contributed by atoms with E-state index in [2.05, 4.69) is 5.10 Å². The van der Waals surface area contributed by atoms with Gasteiger partial charge in [-0.05, 0) is 0 Å². The Hall–Kier alpha value is -0.590. The Morgan fingerprint density at radius 1 is 1.57 bits per heavy atom. The summed E-state index contributed by atoms with van der Waals surface area (Å²) >= 11 is 5.64. The first-order valence-corrected chi connectivity index (χ1v) is 6.26. The van der Waals surface area contributed by atoms with Crippen LogP contribution in [0, 0.1) is 0 Å². The van der Waals surface area contributed by atoms with Gasteiger partial charge < -0.3 is 5.11 Å². The summed E-state index contributed by atoms with van der Waals surface area (Å²) in [6.45, 7) is 0. The molecule has 14 heavy (non-hydrogen) atoms. The maximum absolute atomic E-state index is 11.2. The van der Waals surface area contributed by atoms with Gasteiger partial charge in [-0.2, -0.15) is 5.10 Å². The van der Waals surface area contributed by atoms with Gasteiger partial charge in [-0.25, -0.2) is 8.42 Å². The van der Waals surface area contributed by atoms with E-state index in [1.807, 2.05) is 0 Å². The molecule has 1 aliphatic rings. The first-order chi connectivity index (χ1) is 6.48. The summed E-state index contributed by atoms with van der Waals surface area (Å²) < 4.78 is 23.8. The number of hydrogen-bond donors (Lipinski definition) is 1. The van der Waals surface area contributed by atoms with Gasteiger partial charge in [0, 0.05) is 6.20 Å². The third-order valence-electron chi connectivity index (χ3n) is 2.20. The number of aliphatic hydroxyl groups is 1. The van der Waals surface area contributed by atoms with Crippen molar-refractivity contribution in [3.05, 3.63) is 17.4 Å². The van der Waals surface area contributed by atoms with E-state index in [9.17, 15) is 13.5 Å². The van der Waals surface area contributed by atoms with Crippen molar-refractivity contribution >= 4 is 21.4 Å². The third kappa shape index (κ3) is 1.77. The Morgan fingerprint density at radius 3 is 2.71 bits per heavy atom. The van der Waals surface area contributed by atoms with E-state index in [1.165, 1.54) is 17.1 Å². The first kappa shape index (κ1) is 9.95. The van der Waals surface area contributed by atoms with Crippen LogP contribution < -0.4 is 0 Å². The van der Waals surface area contributed by atoms with Crippen LogP contribution in [-0.4, -0.2) is 40.9 Å². The maximum atomic E-state index is 11.2. The Balaban J connectivity index is 2.29. The molecule has 2 atom stereocenters. The maximum Gasteiger partial charge on any atom is 0.155 e. The number of hydrogen-bond acceptors (Lipinski definition) is 4. The van der Waals surface area contributed by atoms with Crippen LogP contribution in [0.15, 0.2) is 12.4 Å². The molecule has 2 heterocycles. The fourth-order valence-corrected chi connectivity index (χ4v) is 3.48. The molecule has 1 saturated heterocycles. The highest BCUT2D eigenvalue weighted by Crippen LogP contribution is 2.24. The molecule has 0 aromatic carbocycles. The molecular weight excluding hydrogens is 228 g/mol. The van der Waals surface area contributed by atoms with Gasteiger partial charge in [0.1, 0.15) is 0 Å². The lowest BCUT2D eigenvalue weighted by Crippen LogP contribution is -2.22. The fraction of sp³-hybridized carbons (Fsp3) is 0.571. The molecule has 7 heteroatoms. The van der Waals surface area contributed by atoms with Crippen LogP contribution in [0.1, 0.15) is 6.04 Å². The zero-order valence-corrected chi connectivity index (χ0v) is 8.74. The second-order valence-electron chi connectivity index (χ2n) is 3.35. The largest absolute Gasteiger partial charge is 0.390 e. The molecule has 1 N–H and O–H groups in total. The highest BCUT2D eigenvalue weighted by molar-refractivity contribution is 7.91. The minimum atomic E-state index is -3.14. The lowest BCUT2D eigenvalue weighted by Gasteiger charge is -2.12. The summed E-state index contributed by atoms with van der Waals surface area (Å²) in [6, 6.07) is -0.507. The third-order valence-corrected chi connectivity index (χ3v) is 4.10. The van der Waals surface area contributed by atoms with Crippen LogP contribution in [0.4, 0.5) is 0 Å². The van der Waals surface area contributed by atoms with Crippen LogP contribution in [-0.2, 0) is 9.84 Å². The van der Waals surface area contributed by atoms with E-state index < -0.39 is 22.0 Å². The molecule has 2 unspecified atom stereocenters. The summed E-state index contributed by atoms with van der Waals surface area (Å²) in [5.41, 5.74) is 0. The van der Waals surface area contributed by atoms with E-state index in [0.717, 1.165) is 0 Å². The first-order valence-electron chi connectivity index (χ1n) is 4.06. The number of rotatable bonds is 1. The van der Waals surface area contributed by atoms with Gasteiger partial charge in [-0.1, -0.05) is 11.6 Å². The second-order valence-corrected chi connectivity index (χ2v) is 5.94. The summed E-state index contributed by atoms with van der Waals surface area (Å²) in [7, 11) is -3.14. The number of aliphatic hydroxyl groups excluding tert-OH is 1. The van der Waals surface area contributed by atoms with Gasteiger partial charge in [-0.3, -0.25) is 4.68 Å². The summed E-state index contributed by atoms with van der Waals surface area (Å²) in [6.07, 6.45) is 2.03. The monoisotopic (exact) mass is 236 g/mol. The van der Waals surface area contributed by atoms with Gasteiger partial charge in [0.2, 0.25) is 0 Å². The van der Waals surface area contributed by atoms with Crippen molar-refractivity contribution < 1.29 is 13.5 Å². The molecule has 0 bridgehead atoms. The predicted molar refractivity (Wildman–Crippen MR) is 50.9 cm³/mol. The molecule has 2 rings (SSSR count). The molecule has 1 fully saturated rings. The molecule has 78 valence electrons. The minimum Gasteiger partial charge on any atom is -0.390 e. The average Bonchev–Trinajstić information content (AvgIpc) is 2.55. The molecule has 1 aromatic heterocycles. The standard InChI is InChI=1S/C7H9ClN2O3S/c8-5-1-9-10(2-5)6-3-14(12,13)4-7(6)11/h1-2,6-7,11H,3-4H2. The molecule has 0 radical (unpaired) electrons. The Kier molecular flexibility index (Phi) is 2.29. The van der Waals surface area contributed by atoms with Crippen LogP contribution in [0.3, 0.4) is 0 Å². The summed E-state index contributed by atoms with van der Waals surface area (Å²) in [5.74, 6) is -0.276. The van der Waals surface area contributed by atoms with E-state index in [4.69, 9.17) is 11.6 Å². The van der Waals surface area contributed by atoms with Gasteiger partial charge in [0.05, 0.1) is 34.9 Å². The quantitative estimate of drug-likeness (QED) is 0.737. The number of aromatic nitrogens is 2. The summed E-state index contributed by atoms with van der Waals surface area (Å²) in [4.78, 5) is 0. The van der Waals surface area contributed by atoms with Crippen molar-refractivity contribution in [2.45, 2.75) is 12.1 Å². The molecule has 0 saturated carbocycles. The van der Waals surface area contributed by atoms with Gasteiger partial charge in [0.15, 0.2) is 9.84 Å². The van der Waals surface area contributed by atoms with E-state index >= 15 is 0 Å². The molecule has 1 aliphatic heterocycles. The second kappa shape index (κ2) is 3.22. The molecule has 0 aliphatic carbocycles. The van der Waals surface area contributed by atoms with E-state index in [1.54, 1.807) is 0 Å². The van der Waals surface area contributed by atoms with Crippen molar-refractivity contribution in [2.75, 3.05) is 11.5 Å². The SMILES string of the molecule is O=S1(=O)CC(O)C(n2cc(Cl)cn2)C1. The molecule has 0 spiro atoms. The Bertz CT molecular complexity index is 442. The van der Waals surface area contributed by atoms with Gasteiger partial charge >= 0.3 is 0 Å². The Morgan fingerprint density at radius 2 is 2.29 bits per heavy atom. The van der Waals surface area contributed by atoms with Crippen molar-refractivity contribution in [1.82, 2.24) is 9.78 Å². The zero-order chi connectivity index (χ0) is 10.3. The minimum absolute atomic E-state index is 0.0772. The number of sulfone groups is 1. The van der Waals surface area contributed by atoms with Crippen molar-refractivity contribution in [2.24, 2.45) is 0 Å². The highest BCUT2D eigenvalue weighted by Gasteiger charge is 2.37. The van der Waals surface area contributed by atoms with Crippen molar-refractivity contribution in [3.8, 4) is 0 Å². The number of halogens is 1. The highest BCUT2D eigenvalue weighted by atomic mass is 35.5. The lowest BCUT2D eigenvalue weighted by molar-refractivity contribution is 0.146. The van der Waals surface area contributed by atoms with Gasteiger partial charge in [-0.15, -0.1) is 0 Å². The molecule has 5 nitrogen and oxygen atoms in total. The van der Waals surface area contributed by atoms with Crippen LogP contribution >= 0.6 is 11.6 Å². The molecule has 1 aromatic rings. The molecular formula is C7H9ClN2O3S. The zero-order valence-electron chi connectivity index (χ0n) is 7.17. The predicted octanol–water partition coefficient (Wildman–Crippen LogP) is -0.133.